The van der Waals surface area contributed by atoms with Crippen LogP contribution in [0, 0.1) is 13.8 Å². The molecule has 0 radical (unpaired) electrons. The van der Waals surface area contributed by atoms with E-state index in [4.69, 9.17) is 0 Å². The van der Waals surface area contributed by atoms with E-state index in [1.54, 1.807) is 0 Å². The molecule has 0 aliphatic carbocycles. The van der Waals surface area contributed by atoms with Gasteiger partial charge in [-0.05, 0) is 37.1 Å². The predicted octanol–water partition coefficient (Wildman–Crippen LogP) is 3.05. The van der Waals surface area contributed by atoms with Crippen molar-refractivity contribution in [2.45, 2.75) is 27.2 Å². The van der Waals surface area contributed by atoms with Crippen molar-refractivity contribution in [3.8, 4) is 5.69 Å². The van der Waals surface area contributed by atoms with E-state index >= 15 is 0 Å². The minimum absolute atomic E-state index is 0.958. The van der Waals surface area contributed by atoms with Gasteiger partial charge in [-0.1, -0.05) is 13.0 Å². The van der Waals surface area contributed by atoms with Gasteiger partial charge in [0.1, 0.15) is 5.82 Å². The highest BCUT2D eigenvalue weighted by Gasteiger charge is 2.03. The fourth-order valence-corrected chi connectivity index (χ4v) is 1.92. The third-order valence-corrected chi connectivity index (χ3v) is 2.52. The van der Waals surface area contributed by atoms with Crippen molar-refractivity contribution in [2.24, 2.45) is 0 Å². The van der Waals surface area contributed by atoms with Crippen LogP contribution in [0.5, 0.6) is 0 Å². The summed E-state index contributed by atoms with van der Waals surface area (Å²) in [5, 5.41) is 0. The Kier molecular flexibility index (Phi) is 2.58. The number of hydrogen-bond acceptors (Lipinski definition) is 1. The quantitative estimate of drug-likeness (QED) is 0.728. The third-order valence-electron chi connectivity index (χ3n) is 2.52. The normalized spacial score (nSPS) is 10.6. The van der Waals surface area contributed by atoms with Crippen molar-refractivity contribution in [1.82, 2.24) is 9.55 Å². The molecule has 78 valence electrons. The Labute approximate surface area is 90.6 Å². The summed E-state index contributed by atoms with van der Waals surface area (Å²) in [5.41, 5.74) is 3.79. The van der Waals surface area contributed by atoms with Crippen LogP contribution in [0.4, 0.5) is 0 Å². The molecule has 0 spiro atoms. The summed E-state index contributed by atoms with van der Waals surface area (Å²) in [7, 11) is 0. The largest absolute Gasteiger partial charge is 0.304 e. The van der Waals surface area contributed by atoms with Crippen molar-refractivity contribution in [3.63, 3.8) is 0 Å². The Morgan fingerprint density at radius 1 is 1.13 bits per heavy atom. The van der Waals surface area contributed by atoms with Crippen LogP contribution < -0.4 is 0 Å². The maximum atomic E-state index is 4.33. The predicted molar refractivity (Wildman–Crippen MR) is 62.4 cm³/mol. The topological polar surface area (TPSA) is 17.8 Å². The average Bonchev–Trinajstić information content (AvgIpc) is 2.63. The van der Waals surface area contributed by atoms with Gasteiger partial charge < -0.3 is 4.57 Å². The van der Waals surface area contributed by atoms with Crippen molar-refractivity contribution >= 4 is 0 Å². The van der Waals surface area contributed by atoms with Gasteiger partial charge in [-0.3, -0.25) is 0 Å². The van der Waals surface area contributed by atoms with Gasteiger partial charge in [-0.25, -0.2) is 4.98 Å². The van der Waals surface area contributed by atoms with Crippen molar-refractivity contribution in [2.75, 3.05) is 0 Å². The molecule has 0 aliphatic heterocycles. The Morgan fingerprint density at radius 3 is 2.40 bits per heavy atom. The Hall–Kier alpha value is -1.57. The number of rotatable bonds is 2. The van der Waals surface area contributed by atoms with E-state index in [0.29, 0.717) is 0 Å². The van der Waals surface area contributed by atoms with Crippen molar-refractivity contribution < 1.29 is 0 Å². The molecule has 2 rings (SSSR count). The number of nitrogens with zero attached hydrogens (tertiary/aromatic N) is 2. The zero-order chi connectivity index (χ0) is 10.8. The number of aryl methyl sites for hydroxylation is 3. The SMILES string of the molecule is CCc1nccn1-c1cc(C)cc(C)c1. The average molecular weight is 200 g/mol. The van der Waals surface area contributed by atoms with Crippen molar-refractivity contribution in [3.05, 3.63) is 47.5 Å². The minimum atomic E-state index is 0.958. The molecule has 0 amide bonds. The molecule has 0 saturated carbocycles. The lowest BCUT2D eigenvalue weighted by Gasteiger charge is -2.08. The molecule has 1 heterocycles. The monoisotopic (exact) mass is 200 g/mol. The van der Waals surface area contributed by atoms with E-state index in [-0.39, 0.29) is 0 Å². The molecule has 0 aliphatic rings. The van der Waals surface area contributed by atoms with Gasteiger partial charge >= 0.3 is 0 Å². The molecule has 1 aromatic heterocycles. The molecule has 0 unspecified atom stereocenters. The van der Waals surface area contributed by atoms with Crippen molar-refractivity contribution in [1.29, 1.82) is 0 Å². The smallest absolute Gasteiger partial charge is 0.112 e. The first-order valence-corrected chi connectivity index (χ1v) is 5.31. The number of hydrogen-bond donors (Lipinski definition) is 0. The summed E-state index contributed by atoms with van der Waals surface area (Å²) in [6.45, 7) is 6.37. The molecule has 0 bridgehead atoms. The standard InChI is InChI=1S/C13H16N2/c1-4-13-14-5-6-15(13)12-8-10(2)7-11(3)9-12/h5-9H,4H2,1-3H3. The van der Waals surface area contributed by atoms with Gasteiger partial charge in [-0.2, -0.15) is 0 Å². The van der Waals surface area contributed by atoms with E-state index < -0.39 is 0 Å². The second-order valence-electron chi connectivity index (χ2n) is 3.91. The van der Waals surface area contributed by atoms with Gasteiger partial charge in [0.05, 0.1) is 0 Å². The van der Waals surface area contributed by atoms with E-state index in [1.165, 1.54) is 16.8 Å². The summed E-state index contributed by atoms with van der Waals surface area (Å²) in [6.07, 6.45) is 4.84. The molecule has 0 atom stereocenters. The van der Waals surface area contributed by atoms with E-state index in [1.807, 2.05) is 12.4 Å². The highest BCUT2D eigenvalue weighted by molar-refractivity contribution is 5.40. The molecule has 2 aromatic rings. The molecule has 0 N–H and O–H groups in total. The summed E-state index contributed by atoms with van der Waals surface area (Å²) < 4.78 is 2.15. The molecular formula is C13H16N2. The zero-order valence-electron chi connectivity index (χ0n) is 9.49. The lowest BCUT2D eigenvalue weighted by Crippen LogP contribution is -1.99. The van der Waals surface area contributed by atoms with Crippen LogP contribution in [0.25, 0.3) is 5.69 Å². The Morgan fingerprint density at radius 2 is 1.80 bits per heavy atom. The first-order chi connectivity index (χ1) is 7.20. The van der Waals surface area contributed by atoms with Crippen LogP contribution in [-0.2, 0) is 6.42 Å². The Bertz CT molecular complexity index is 449. The maximum Gasteiger partial charge on any atom is 0.112 e. The van der Waals surface area contributed by atoms with Crippen LogP contribution in [0.2, 0.25) is 0 Å². The fraction of sp³-hybridized carbons (Fsp3) is 0.308. The van der Waals surface area contributed by atoms with Gasteiger partial charge in [-0.15, -0.1) is 0 Å². The lowest BCUT2D eigenvalue weighted by molar-refractivity contribution is 0.889. The first-order valence-electron chi connectivity index (χ1n) is 5.31. The summed E-state index contributed by atoms with van der Waals surface area (Å²) in [4.78, 5) is 4.33. The van der Waals surface area contributed by atoms with E-state index in [2.05, 4.69) is 48.5 Å². The minimum Gasteiger partial charge on any atom is -0.304 e. The molecular weight excluding hydrogens is 184 g/mol. The Balaban J connectivity index is 2.53. The van der Waals surface area contributed by atoms with Gasteiger partial charge in [0, 0.05) is 24.5 Å². The molecule has 0 fully saturated rings. The number of aromatic nitrogens is 2. The van der Waals surface area contributed by atoms with Crippen LogP contribution in [0.15, 0.2) is 30.6 Å². The molecule has 0 saturated heterocycles. The molecule has 15 heavy (non-hydrogen) atoms. The summed E-state index contributed by atoms with van der Waals surface area (Å²) >= 11 is 0. The number of imidazole rings is 1. The molecule has 1 aromatic carbocycles. The second kappa shape index (κ2) is 3.89. The maximum absolute atomic E-state index is 4.33. The third kappa shape index (κ3) is 1.94. The highest BCUT2D eigenvalue weighted by atomic mass is 15.1. The second-order valence-corrected chi connectivity index (χ2v) is 3.91. The molecule has 2 heteroatoms. The van der Waals surface area contributed by atoms with Gasteiger partial charge in [0.15, 0.2) is 0 Å². The highest BCUT2D eigenvalue weighted by Crippen LogP contribution is 2.15. The summed E-state index contributed by atoms with van der Waals surface area (Å²) in [6, 6.07) is 6.56. The van der Waals surface area contributed by atoms with Gasteiger partial charge in [0.25, 0.3) is 0 Å². The fourth-order valence-electron chi connectivity index (χ4n) is 1.92. The number of benzene rings is 1. The first kappa shape index (κ1) is 9.97. The van der Waals surface area contributed by atoms with E-state index in [9.17, 15) is 0 Å². The van der Waals surface area contributed by atoms with Crippen LogP contribution in [0.3, 0.4) is 0 Å². The van der Waals surface area contributed by atoms with Crippen LogP contribution in [-0.4, -0.2) is 9.55 Å². The summed E-state index contributed by atoms with van der Waals surface area (Å²) in [5.74, 6) is 1.11. The van der Waals surface area contributed by atoms with Crippen LogP contribution >= 0.6 is 0 Å². The molecule has 2 nitrogen and oxygen atoms in total. The lowest BCUT2D eigenvalue weighted by atomic mass is 10.1. The zero-order valence-corrected chi connectivity index (χ0v) is 9.49. The van der Waals surface area contributed by atoms with E-state index in [0.717, 1.165) is 12.2 Å². The van der Waals surface area contributed by atoms with Gasteiger partial charge in [0.2, 0.25) is 0 Å². The van der Waals surface area contributed by atoms with Crippen LogP contribution in [0.1, 0.15) is 23.9 Å².